The van der Waals surface area contributed by atoms with E-state index >= 15 is 0 Å². The van der Waals surface area contributed by atoms with Gasteiger partial charge in [-0.05, 0) is 24.3 Å². The first-order chi connectivity index (χ1) is 12.1. The Kier molecular flexibility index (Phi) is 4.09. The molecule has 1 fully saturated rings. The van der Waals surface area contributed by atoms with Gasteiger partial charge in [0.15, 0.2) is 0 Å². The molecular weight excluding hydrogens is 336 g/mol. The summed E-state index contributed by atoms with van der Waals surface area (Å²) in [4.78, 5) is 21.5. The molecule has 0 spiro atoms. The lowest BCUT2D eigenvalue weighted by atomic mass is 10.2. The number of carbonyl (C=O) groups excluding carboxylic acids is 1. The van der Waals surface area contributed by atoms with Gasteiger partial charge in [0.25, 0.3) is 5.91 Å². The van der Waals surface area contributed by atoms with Gasteiger partial charge in [-0.3, -0.25) is 4.79 Å². The molecule has 0 radical (unpaired) electrons. The van der Waals surface area contributed by atoms with Gasteiger partial charge in [0.1, 0.15) is 0 Å². The molecule has 0 N–H and O–H groups in total. The van der Waals surface area contributed by atoms with Gasteiger partial charge in [-0.2, -0.15) is 0 Å². The van der Waals surface area contributed by atoms with Crippen LogP contribution in [-0.4, -0.2) is 46.5 Å². The van der Waals surface area contributed by atoms with E-state index in [-0.39, 0.29) is 5.91 Å². The molecule has 2 heterocycles. The Morgan fingerprint density at radius 2 is 1.68 bits per heavy atom. The van der Waals surface area contributed by atoms with Gasteiger partial charge in [0.2, 0.25) is 5.95 Å². The van der Waals surface area contributed by atoms with Gasteiger partial charge < -0.3 is 14.4 Å². The van der Waals surface area contributed by atoms with Crippen LogP contribution in [0.5, 0.6) is 0 Å². The Labute approximate surface area is 151 Å². The van der Waals surface area contributed by atoms with Gasteiger partial charge in [-0.1, -0.05) is 35.9 Å². The van der Waals surface area contributed by atoms with E-state index in [1.165, 1.54) is 0 Å². The molecule has 0 saturated carbocycles. The minimum absolute atomic E-state index is 0.00440. The number of nitrogens with zero attached hydrogens (tertiary/aromatic N) is 4. The number of anilines is 1. The smallest absolute Gasteiger partial charge is 0.255 e. The summed E-state index contributed by atoms with van der Waals surface area (Å²) in [5, 5.41) is 0.505. The van der Waals surface area contributed by atoms with E-state index in [0.29, 0.717) is 23.7 Å². The molecule has 4 rings (SSSR count). The van der Waals surface area contributed by atoms with E-state index < -0.39 is 0 Å². The van der Waals surface area contributed by atoms with Crippen LogP contribution in [0.4, 0.5) is 5.95 Å². The lowest BCUT2D eigenvalue weighted by Gasteiger charge is -2.35. The van der Waals surface area contributed by atoms with Crippen molar-refractivity contribution in [3.05, 3.63) is 59.1 Å². The highest BCUT2D eigenvalue weighted by molar-refractivity contribution is 6.33. The quantitative estimate of drug-likeness (QED) is 0.709. The molecule has 3 aromatic rings. The fourth-order valence-electron chi connectivity index (χ4n) is 3.33. The largest absolute Gasteiger partial charge is 0.339 e. The predicted octanol–water partition coefficient (Wildman–Crippen LogP) is 3.19. The summed E-state index contributed by atoms with van der Waals surface area (Å²) < 4.78 is 2.11. The van der Waals surface area contributed by atoms with Gasteiger partial charge in [0, 0.05) is 33.2 Å². The highest BCUT2D eigenvalue weighted by atomic mass is 35.5. The molecule has 5 nitrogen and oxygen atoms in total. The van der Waals surface area contributed by atoms with E-state index in [0.717, 1.165) is 30.1 Å². The van der Waals surface area contributed by atoms with Gasteiger partial charge in [-0.15, -0.1) is 0 Å². The van der Waals surface area contributed by atoms with Crippen LogP contribution in [0.2, 0.25) is 5.02 Å². The van der Waals surface area contributed by atoms with Gasteiger partial charge >= 0.3 is 0 Å². The van der Waals surface area contributed by atoms with Crippen molar-refractivity contribution in [1.82, 2.24) is 14.5 Å². The minimum atomic E-state index is -0.00440. The molecule has 0 bridgehead atoms. The molecule has 1 saturated heterocycles. The number of piperazine rings is 1. The molecule has 1 aliphatic rings. The first-order valence-corrected chi connectivity index (χ1v) is 8.73. The molecule has 128 valence electrons. The normalized spacial score (nSPS) is 15.0. The predicted molar refractivity (Wildman–Crippen MR) is 100 cm³/mol. The number of fused-ring (bicyclic) bond motifs is 1. The number of amides is 1. The van der Waals surface area contributed by atoms with E-state index in [1.54, 1.807) is 12.1 Å². The molecular formula is C19H19ClN4O. The first kappa shape index (κ1) is 16.0. The zero-order valence-electron chi connectivity index (χ0n) is 14.0. The summed E-state index contributed by atoms with van der Waals surface area (Å²) in [6.07, 6.45) is 0. The topological polar surface area (TPSA) is 41.4 Å². The van der Waals surface area contributed by atoms with Crippen molar-refractivity contribution < 1.29 is 4.79 Å². The Morgan fingerprint density at radius 1 is 1.00 bits per heavy atom. The average molecular weight is 355 g/mol. The van der Waals surface area contributed by atoms with Crippen molar-refractivity contribution in [2.75, 3.05) is 31.1 Å². The maximum Gasteiger partial charge on any atom is 0.255 e. The number of carbonyl (C=O) groups is 1. The maximum atomic E-state index is 12.7. The van der Waals surface area contributed by atoms with Crippen molar-refractivity contribution in [2.24, 2.45) is 7.05 Å². The SMILES string of the molecule is Cn1c(N2CCN(C(=O)c3ccccc3Cl)CC2)nc2ccccc21. The second kappa shape index (κ2) is 6.41. The number of aryl methyl sites for hydroxylation is 1. The molecule has 25 heavy (non-hydrogen) atoms. The van der Waals surface area contributed by atoms with Crippen molar-refractivity contribution in [3.63, 3.8) is 0 Å². The van der Waals surface area contributed by atoms with E-state index in [9.17, 15) is 4.79 Å². The third kappa shape index (κ3) is 2.85. The van der Waals surface area contributed by atoms with Crippen molar-refractivity contribution in [2.45, 2.75) is 0 Å². The minimum Gasteiger partial charge on any atom is -0.339 e. The van der Waals surface area contributed by atoms with Crippen LogP contribution in [-0.2, 0) is 7.05 Å². The zero-order chi connectivity index (χ0) is 17.4. The van der Waals surface area contributed by atoms with E-state index in [1.807, 2.05) is 42.3 Å². The molecule has 1 amide bonds. The van der Waals surface area contributed by atoms with Crippen molar-refractivity contribution in [1.29, 1.82) is 0 Å². The molecule has 2 aromatic carbocycles. The Hall–Kier alpha value is -2.53. The zero-order valence-corrected chi connectivity index (χ0v) is 14.8. The third-order valence-corrected chi connectivity index (χ3v) is 5.05. The summed E-state index contributed by atoms with van der Waals surface area (Å²) in [5.41, 5.74) is 2.68. The number of para-hydroxylation sites is 2. The Morgan fingerprint density at radius 3 is 2.40 bits per heavy atom. The highest BCUT2D eigenvalue weighted by Gasteiger charge is 2.25. The van der Waals surface area contributed by atoms with Gasteiger partial charge in [-0.25, -0.2) is 4.98 Å². The summed E-state index contributed by atoms with van der Waals surface area (Å²) in [5.74, 6) is 0.946. The van der Waals surface area contributed by atoms with Crippen molar-refractivity contribution >= 4 is 34.5 Å². The van der Waals surface area contributed by atoms with Crippen molar-refractivity contribution in [3.8, 4) is 0 Å². The number of imidazole rings is 1. The summed E-state index contributed by atoms with van der Waals surface area (Å²) >= 11 is 6.16. The monoisotopic (exact) mass is 354 g/mol. The summed E-state index contributed by atoms with van der Waals surface area (Å²) in [6, 6.07) is 15.3. The summed E-state index contributed by atoms with van der Waals surface area (Å²) in [7, 11) is 2.03. The molecule has 0 aliphatic carbocycles. The standard InChI is InChI=1S/C19H19ClN4O/c1-22-17-9-5-4-8-16(17)21-19(22)24-12-10-23(11-13-24)18(25)14-6-2-3-7-15(14)20/h2-9H,10-13H2,1H3. The van der Waals surface area contributed by atoms with Crippen LogP contribution in [0.25, 0.3) is 11.0 Å². The van der Waals surface area contributed by atoms with Gasteiger partial charge in [0.05, 0.1) is 21.6 Å². The maximum absolute atomic E-state index is 12.7. The van der Waals surface area contributed by atoms with E-state index in [4.69, 9.17) is 16.6 Å². The fraction of sp³-hybridized carbons (Fsp3) is 0.263. The number of hydrogen-bond acceptors (Lipinski definition) is 3. The van der Waals surface area contributed by atoms with Crippen LogP contribution in [0.15, 0.2) is 48.5 Å². The second-order valence-corrected chi connectivity index (χ2v) is 6.63. The Balaban J connectivity index is 1.50. The van der Waals surface area contributed by atoms with Crippen LogP contribution in [0.1, 0.15) is 10.4 Å². The first-order valence-electron chi connectivity index (χ1n) is 8.35. The summed E-state index contributed by atoms with van der Waals surface area (Å²) in [6.45, 7) is 2.83. The van der Waals surface area contributed by atoms with E-state index in [2.05, 4.69) is 15.5 Å². The van der Waals surface area contributed by atoms with Crippen LogP contribution >= 0.6 is 11.6 Å². The molecule has 1 aliphatic heterocycles. The lowest BCUT2D eigenvalue weighted by molar-refractivity contribution is 0.0746. The molecule has 0 atom stereocenters. The number of halogens is 1. The molecule has 1 aromatic heterocycles. The van der Waals surface area contributed by atoms with Crippen LogP contribution in [0, 0.1) is 0 Å². The Bertz CT molecular complexity index is 928. The fourth-order valence-corrected chi connectivity index (χ4v) is 3.55. The average Bonchev–Trinajstić information content (AvgIpc) is 2.99. The van der Waals surface area contributed by atoms with Crippen LogP contribution in [0.3, 0.4) is 0 Å². The molecule has 6 heteroatoms. The number of aromatic nitrogens is 2. The highest BCUT2D eigenvalue weighted by Crippen LogP contribution is 2.23. The second-order valence-electron chi connectivity index (χ2n) is 6.22. The number of benzene rings is 2. The van der Waals surface area contributed by atoms with Crippen LogP contribution < -0.4 is 4.90 Å². The lowest BCUT2D eigenvalue weighted by Crippen LogP contribution is -2.49. The number of rotatable bonds is 2. The number of hydrogen-bond donors (Lipinski definition) is 0. The molecule has 0 unspecified atom stereocenters. The third-order valence-electron chi connectivity index (χ3n) is 4.72.